The van der Waals surface area contributed by atoms with E-state index in [9.17, 15) is 0 Å². The number of para-hydroxylation sites is 3. The largest absolute Gasteiger partial charge is 0.309 e. The zero-order chi connectivity index (χ0) is 36.0. The molecule has 4 heterocycles. The SMILES string of the molecule is C=C(/C=C\C=C1/CSc2ccccc21)c1ccc2c(c1)c1ccccc1n2-c1ccc(-n2c(-c3ccc(-c4ccccn4)cc3)nc3ccccc32)cc1. The number of imidazole rings is 1. The fourth-order valence-corrected chi connectivity index (χ4v) is 8.70. The zero-order valence-corrected chi connectivity index (χ0v) is 30.2. The zero-order valence-electron chi connectivity index (χ0n) is 29.4. The van der Waals surface area contributed by atoms with E-state index in [2.05, 4.69) is 172 Å². The second-order valence-corrected chi connectivity index (χ2v) is 14.5. The van der Waals surface area contributed by atoms with E-state index in [-0.39, 0.29) is 0 Å². The molecule has 256 valence electrons. The van der Waals surface area contributed by atoms with Crippen LogP contribution in [-0.4, -0.2) is 24.9 Å². The molecule has 5 heteroatoms. The Kier molecular flexibility index (Phi) is 7.93. The quantitative estimate of drug-likeness (QED) is 0.155. The number of thioether (sulfide) groups is 1. The average molecular weight is 711 g/mol. The third-order valence-corrected chi connectivity index (χ3v) is 11.4. The number of benzene rings is 6. The van der Waals surface area contributed by atoms with Gasteiger partial charge in [0.15, 0.2) is 0 Å². The standard InChI is InChI=1S/C49H34N4S/c1-33(11-10-12-37-32-54-48-19-7-3-13-40(37)48)36-24-29-46-42(31-36)41-14-2-5-17-45(41)52(46)38-25-27-39(28-26-38)53-47-18-6-4-16-44(47)51-49(53)35-22-20-34(21-23-35)43-15-8-9-30-50-43/h2-31H,1,32H2/b11-10-,37-12+. The van der Waals surface area contributed by atoms with Crippen molar-refractivity contribution < 1.29 is 0 Å². The van der Waals surface area contributed by atoms with Gasteiger partial charge in [0, 0.05) is 50.1 Å². The van der Waals surface area contributed by atoms with E-state index in [1.807, 2.05) is 42.2 Å². The molecule has 1 aliphatic heterocycles. The van der Waals surface area contributed by atoms with Crippen LogP contribution in [0, 0.1) is 0 Å². The number of hydrogen-bond donors (Lipinski definition) is 0. The molecule has 0 saturated heterocycles. The number of rotatable bonds is 7. The minimum Gasteiger partial charge on any atom is -0.309 e. The molecular formula is C49H34N4S. The molecule has 1 aliphatic rings. The van der Waals surface area contributed by atoms with Crippen molar-refractivity contribution in [2.24, 2.45) is 0 Å². The summed E-state index contributed by atoms with van der Waals surface area (Å²) >= 11 is 1.90. The Bertz CT molecular complexity index is 2930. The molecule has 0 bridgehead atoms. The first kappa shape index (κ1) is 32.0. The first-order valence-corrected chi connectivity index (χ1v) is 19.1. The van der Waals surface area contributed by atoms with Gasteiger partial charge in [0.2, 0.25) is 0 Å². The number of hydrogen-bond acceptors (Lipinski definition) is 3. The van der Waals surface area contributed by atoms with E-state index in [0.29, 0.717) is 0 Å². The molecule has 0 aliphatic carbocycles. The molecule has 0 saturated carbocycles. The lowest BCUT2D eigenvalue weighted by atomic mass is 10.0. The summed E-state index contributed by atoms with van der Waals surface area (Å²) in [7, 11) is 0. The van der Waals surface area contributed by atoms with Crippen molar-refractivity contribution >= 4 is 55.7 Å². The molecular weight excluding hydrogens is 677 g/mol. The van der Waals surface area contributed by atoms with Crippen LogP contribution in [0.15, 0.2) is 194 Å². The maximum atomic E-state index is 5.11. The fourth-order valence-electron chi connectivity index (χ4n) is 7.61. The topological polar surface area (TPSA) is 35.6 Å². The number of aromatic nitrogens is 4. The van der Waals surface area contributed by atoms with Crippen LogP contribution in [0.2, 0.25) is 0 Å². The van der Waals surface area contributed by atoms with Crippen molar-refractivity contribution in [1.29, 1.82) is 0 Å². The van der Waals surface area contributed by atoms with E-state index in [1.54, 1.807) is 0 Å². The Morgan fingerprint density at radius 2 is 1.33 bits per heavy atom. The average Bonchev–Trinajstić information content (AvgIpc) is 3.93. The van der Waals surface area contributed by atoms with Gasteiger partial charge in [-0.3, -0.25) is 9.55 Å². The molecule has 0 spiro atoms. The molecule has 6 aromatic carbocycles. The molecule has 0 radical (unpaired) electrons. The summed E-state index contributed by atoms with van der Waals surface area (Å²) in [5, 5.41) is 2.42. The normalized spacial score (nSPS) is 13.4. The molecule has 0 atom stereocenters. The molecule has 0 amide bonds. The van der Waals surface area contributed by atoms with Crippen molar-refractivity contribution in [3.05, 3.63) is 200 Å². The lowest BCUT2D eigenvalue weighted by Crippen LogP contribution is -1.99. The first-order valence-electron chi connectivity index (χ1n) is 18.1. The van der Waals surface area contributed by atoms with Gasteiger partial charge in [-0.05, 0) is 95.1 Å². The van der Waals surface area contributed by atoms with Gasteiger partial charge in [-0.1, -0.05) is 110 Å². The van der Waals surface area contributed by atoms with Gasteiger partial charge in [0.25, 0.3) is 0 Å². The van der Waals surface area contributed by atoms with Crippen LogP contribution in [0.25, 0.3) is 78.0 Å². The number of fused-ring (bicyclic) bond motifs is 5. The Morgan fingerprint density at radius 1 is 0.630 bits per heavy atom. The van der Waals surface area contributed by atoms with Crippen LogP contribution >= 0.6 is 11.8 Å². The van der Waals surface area contributed by atoms with E-state index < -0.39 is 0 Å². The maximum absolute atomic E-state index is 5.11. The molecule has 0 unspecified atom stereocenters. The maximum Gasteiger partial charge on any atom is 0.145 e. The van der Waals surface area contributed by atoms with Crippen LogP contribution in [0.4, 0.5) is 0 Å². The smallest absolute Gasteiger partial charge is 0.145 e. The lowest BCUT2D eigenvalue weighted by Gasteiger charge is -2.13. The highest BCUT2D eigenvalue weighted by molar-refractivity contribution is 8.00. The molecule has 4 nitrogen and oxygen atoms in total. The Hall–Kier alpha value is -6.69. The third kappa shape index (κ3) is 5.58. The van der Waals surface area contributed by atoms with Crippen LogP contribution in [0.5, 0.6) is 0 Å². The van der Waals surface area contributed by atoms with Crippen molar-refractivity contribution in [1.82, 2.24) is 19.1 Å². The van der Waals surface area contributed by atoms with Crippen LogP contribution < -0.4 is 0 Å². The van der Waals surface area contributed by atoms with Gasteiger partial charge >= 0.3 is 0 Å². The van der Waals surface area contributed by atoms with E-state index >= 15 is 0 Å². The second kappa shape index (κ2) is 13.4. The Morgan fingerprint density at radius 3 is 2.17 bits per heavy atom. The van der Waals surface area contributed by atoms with Gasteiger partial charge in [0.05, 0.1) is 27.8 Å². The Labute approximate surface area is 318 Å². The Balaban J connectivity index is 0.996. The van der Waals surface area contributed by atoms with Gasteiger partial charge in [-0.2, -0.15) is 0 Å². The number of allylic oxidation sites excluding steroid dienone is 4. The van der Waals surface area contributed by atoms with Crippen molar-refractivity contribution in [3.8, 4) is 34.0 Å². The highest BCUT2D eigenvalue weighted by atomic mass is 32.2. The predicted octanol–water partition coefficient (Wildman–Crippen LogP) is 12.6. The van der Waals surface area contributed by atoms with Crippen molar-refractivity contribution in [3.63, 3.8) is 0 Å². The first-order chi connectivity index (χ1) is 26.7. The van der Waals surface area contributed by atoms with Crippen molar-refractivity contribution in [2.75, 3.05) is 5.75 Å². The van der Waals surface area contributed by atoms with E-state index in [0.717, 1.165) is 67.5 Å². The number of nitrogens with zero attached hydrogens (tertiary/aromatic N) is 4. The monoisotopic (exact) mass is 710 g/mol. The van der Waals surface area contributed by atoms with Crippen molar-refractivity contribution in [2.45, 2.75) is 4.90 Å². The van der Waals surface area contributed by atoms with E-state index in [4.69, 9.17) is 4.98 Å². The highest BCUT2D eigenvalue weighted by Gasteiger charge is 2.18. The molecule has 9 aromatic rings. The summed E-state index contributed by atoms with van der Waals surface area (Å²) in [4.78, 5) is 11.0. The van der Waals surface area contributed by atoms with Crippen LogP contribution in [0.3, 0.4) is 0 Å². The van der Waals surface area contributed by atoms with Crippen LogP contribution in [-0.2, 0) is 0 Å². The summed E-state index contributed by atoms with van der Waals surface area (Å²) in [5.74, 6) is 1.90. The van der Waals surface area contributed by atoms with Gasteiger partial charge in [-0.25, -0.2) is 4.98 Å². The minimum absolute atomic E-state index is 0.901. The summed E-state index contributed by atoms with van der Waals surface area (Å²) in [5.41, 5.74) is 14.4. The summed E-state index contributed by atoms with van der Waals surface area (Å²) in [6.45, 7) is 4.45. The molecule has 54 heavy (non-hydrogen) atoms. The molecule has 0 fully saturated rings. The van der Waals surface area contributed by atoms with E-state index in [1.165, 1.54) is 32.3 Å². The highest BCUT2D eigenvalue weighted by Crippen LogP contribution is 2.39. The third-order valence-electron chi connectivity index (χ3n) is 10.3. The lowest BCUT2D eigenvalue weighted by molar-refractivity contribution is 1.09. The van der Waals surface area contributed by atoms with Gasteiger partial charge in [-0.15, -0.1) is 11.8 Å². The van der Waals surface area contributed by atoms with Gasteiger partial charge < -0.3 is 4.57 Å². The fraction of sp³-hybridized carbons (Fsp3) is 0.0204. The van der Waals surface area contributed by atoms with Gasteiger partial charge in [0.1, 0.15) is 5.82 Å². The summed E-state index contributed by atoms with van der Waals surface area (Å²) < 4.78 is 4.62. The summed E-state index contributed by atoms with van der Waals surface area (Å²) in [6, 6.07) is 55.7. The van der Waals surface area contributed by atoms with Crippen LogP contribution in [0.1, 0.15) is 11.1 Å². The summed E-state index contributed by atoms with van der Waals surface area (Å²) in [6.07, 6.45) is 8.32. The molecule has 10 rings (SSSR count). The predicted molar refractivity (Wildman–Crippen MR) is 227 cm³/mol. The molecule has 0 N–H and O–H groups in total. The molecule has 3 aromatic heterocycles. The minimum atomic E-state index is 0.901. The second-order valence-electron chi connectivity index (χ2n) is 13.5. The number of pyridine rings is 1.